The molecule has 13 heteroatoms. The molecule has 0 atom stereocenters. The molecule has 0 unspecified atom stereocenters. The van der Waals surface area contributed by atoms with Gasteiger partial charge in [0, 0.05) is 18.1 Å². The molecule has 3 amide bonds. The third kappa shape index (κ3) is 5.17. The number of amides is 3. The molecule has 0 bridgehead atoms. The van der Waals surface area contributed by atoms with Crippen LogP contribution in [0.5, 0.6) is 0 Å². The average molecular weight is 501 g/mol. The van der Waals surface area contributed by atoms with Gasteiger partial charge in [-0.3, -0.25) is 9.69 Å². The number of hydrogen-bond acceptors (Lipinski definition) is 4. The van der Waals surface area contributed by atoms with Crippen molar-refractivity contribution in [3.8, 4) is 0 Å². The highest BCUT2D eigenvalue weighted by Crippen LogP contribution is 2.40. The summed E-state index contributed by atoms with van der Waals surface area (Å²) < 4.78 is 77.5. The Balaban J connectivity index is 1.55. The highest BCUT2D eigenvalue weighted by atomic mass is 19.4. The first kappa shape index (κ1) is 24.7. The van der Waals surface area contributed by atoms with E-state index in [1.807, 2.05) is 0 Å². The number of aromatic nitrogens is 2. The minimum absolute atomic E-state index is 0.0721. The third-order valence-corrected chi connectivity index (χ3v) is 6.25. The topological polar surface area (TPSA) is 78.4 Å². The van der Waals surface area contributed by atoms with E-state index in [9.17, 15) is 35.9 Å². The Bertz CT molecular complexity index is 1100. The summed E-state index contributed by atoms with van der Waals surface area (Å²) in [4.78, 5) is 35.9. The molecule has 35 heavy (non-hydrogen) atoms. The molecule has 1 saturated carbocycles. The van der Waals surface area contributed by atoms with Gasteiger partial charge < -0.3 is 10.2 Å². The first-order valence-corrected chi connectivity index (χ1v) is 10.8. The SMILES string of the molecule is O=C(CN1C(=O)N(c2ncc(C(F)(F)F)cn2)CC12CCCCC2)Nc1cccc(C(F)(F)F)c1. The van der Waals surface area contributed by atoms with Gasteiger partial charge in [0.25, 0.3) is 0 Å². The fourth-order valence-corrected chi connectivity index (χ4v) is 4.55. The zero-order chi connectivity index (χ0) is 25.4. The number of benzene rings is 1. The molecule has 1 aromatic heterocycles. The summed E-state index contributed by atoms with van der Waals surface area (Å²) in [6.45, 7) is -0.347. The zero-order valence-electron chi connectivity index (χ0n) is 18.3. The minimum Gasteiger partial charge on any atom is -0.325 e. The number of alkyl halides is 6. The van der Waals surface area contributed by atoms with E-state index in [-0.39, 0.29) is 18.2 Å². The lowest BCUT2D eigenvalue weighted by atomic mass is 9.81. The van der Waals surface area contributed by atoms with Crippen LogP contribution in [0.4, 0.5) is 42.8 Å². The molecule has 2 heterocycles. The average Bonchev–Trinajstić information content (AvgIpc) is 3.04. The molecule has 1 spiro atoms. The Morgan fingerprint density at radius 1 is 0.971 bits per heavy atom. The van der Waals surface area contributed by atoms with E-state index in [2.05, 4.69) is 15.3 Å². The maximum Gasteiger partial charge on any atom is 0.419 e. The number of carbonyl (C=O) groups excluding carboxylic acids is 2. The fraction of sp³-hybridized carbons (Fsp3) is 0.455. The van der Waals surface area contributed by atoms with Crippen molar-refractivity contribution in [1.29, 1.82) is 0 Å². The van der Waals surface area contributed by atoms with Gasteiger partial charge in [-0.1, -0.05) is 25.3 Å². The van der Waals surface area contributed by atoms with Gasteiger partial charge in [-0.25, -0.2) is 14.8 Å². The van der Waals surface area contributed by atoms with Crippen LogP contribution >= 0.6 is 0 Å². The van der Waals surface area contributed by atoms with Crippen molar-refractivity contribution >= 4 is 23.6 Å². The number of halogens is 6. The molecule has 1 aromatic carbocycles. The number of urea groups is 1. The number of anilines is 2. The van der Waals surface area contributed by atoms with Crippen molar-refractivity contribution in [1.82, 2.24) is 14.9 Å². The van der Waals surface area contributed by atoms with Gasteiger partial charge in [0.1, 0.15) is 6.54 Å². The summed E-state index contributed by atoms with van der Waals surface area (Å²) in [5.74, 6) is -0.911. The summed E-state index contributed by atoms with van der Waals surface area (Å²) in [6.07, 6.45) is -4.43. The van der Waals surface area contributed by atoms with Crippen LogP contribution < -0.4 is 10.2 Å². The number of hydrogen-bond donors (Lipinski definition) is 1. The normalized spacial score (nSPS) is 18.3. The maximum atomic E-state index is 13.3. The van der Waals surface area contributed by atoms with E-state index in [0.717, 1.165) is 42.4 Å². The van der Waals surface area contributed by atoms with Crippen molar-refractivity contribution in [2.24, 2.45) is 0 Å². The van der Waals surface area contributed by atoms with E-state index in [1.165, 1.54) is 11.0 Å². The van der Waals surface area contributed by atoms with Gasteiger partial charge in [0.15, 0.2) is 0 Å². The molecular weight excluding hydrogens is 480 g/mol. The summed E-state index contributed by atoms with van der Waals surface area (Å²) in [5, 5.41) is 2.39. The molecule has 2 fully saturated rings. The molecule has 2 aliphatic rings. The van der Waals surface area contributed by atoms with Gasteiger partial charge in [-0.15, -0.1) is 0 Å². The number of nitrogens with zero attached hydrogens (tertiary/aromatic N) is 4. The lowest BCUT2D eigenvalue weighted by Gasteiger charge is -2.39. The second-order valence-electron chi connectivity index (χ2n) is 8.64. The number of nitrogens with one attached hydrogen (secondary N) is 1. The van der Waals surface area contributed by atoms with Crippen molar-refractivity contribution in [2.75, 3.05) is 23.3 Å². The van der Waals surface area contributed by atoms with E-state index >= 15 is 0 Å². The first-order chi connectivity index (χ1) is 16.4. The second kappa shape index (κ2) is 9.00. The number of carbonyl (C=O) groups is 2. The Morgan fingerprint density at radius 3 is 2.20 bits per heavy atom. The zero-order valence-corrected chi connectivity index (χ0v) is 18.3. The summed E-state index contributed by atoms with van der Waals surface area (Å²) in [5.41, 5.74) is -2.82. The molecule has 2 aromatic rings. The predicted octanol–water partition coefficient (Wildman–Crippen LogP) is 5.10. The largest absolute Gasteiger partial charge is 0.419 e. The highest BCUT2D eigenvalue weighted by Gasteiger charge is 2.51. The van der Waals surface area contributed by atoms with E-state index < -0.39 is 47.5 Å². The van der Waals surface area contributed by atoms with Gasteiger partial charge in [-0.05, 0) is 31.0 Å². The first-order valence-electron chi connectivity index (χ1n) is 10.8. The van der Waals surface area contributed by atoms with Crippen LogP contribution in [0, 0.1) is 0 Å². The van der Waals surface area contributed by atoms with Gasteiger partial charge in [0.2, 0.25) is 11.9 Å². The molecule has 1 aliphatic heterocycles. The van der Waals surface area contributed by atoms with E-state index in [4.69, 9.17) is 0 Å². The van der Waals surface area contributed by atoms with Crippen LogP contribution in [0.3, 0.4) is 0 Å². The smallest absolute Gasteiger partial charge is 0.325 e. The molecule has 0 radical (unpaired) electrons. The van der Waals surface area contributed by atoms with Gasteiger partial charge >= 0.3 is 18.4 Å². The quantitative estimate of drug-likeness (QED) is 0.592. The van der Waals surface area contributed by atoms with Crippen molar-refractivity contribution in [2.45, 2.75) is 50.0 Å². The highest BCUT2D eigenvalue weighted by molar-refractivity contribution is 5.99. The maximum absolute atomic E-state index is 13.3. The molecular formula is C22H21F6N5O2. The molecule has 1 saturated heterocycles. The Labute approximate surface area is 196 Å². The van der Waals surface area contributed by atoms with Crippen LogP contribution in [0.2, 0.25) is 0 Å². The van der Waals surface area contributed by atoms with Crippen LogP contribution in [-0.2, 0) is 17.1 Å². The van der Waals surface area contributed by atoms with Crippen molar-refractivity contribution in [3.05, 3.63) is 47.8 Å². The third-order valence-electron chi connectivity index (χ3n) is 6.25. The van der Waals surface area contributed by atoms with Crippen LogP contribution in [-0.4, -0.2) is 45.4 Å². The molecule has 1 N–H and O–H groups in total. The van der Waals surface area contributed by atoms with Crippen LogP contribution in [0.25, 0.3) is 0 Å². The minimum atomic E-state index is -4.63. The summed E-state index contributed by atoms with van der Waals surface area (Å²) >= 11 is 0. The van der Waals surface area contributed by atoms with Crippen LogP contribution in [0.1, 0.15) is 43.2 Å². The van der Waals surface area contributed by atoms with E-state index in [0.29, 0.717) is 25.2 Å². The Hall–Kier alpha value is -3.38. The van der Waals surface area contributed by atoms with E-state index in [1.54, 1.807) is 0 Å². The molecule has 4 rings (SSSR count). The standard InChI is InChI=1S/C22H21F6N5O2/c23-21(24,25)14-5-4-6-16(9-14)31-17(34)12-33-19(35)32(13-20(33)7-2-1-3-8-20)18-29-10-15(11-30-18)22(26,27)28/h4-6,9-11H,1-3,7-8,12-13H2,(H,31,34). The lowest BCUT2D eigenvalue weighted by Crippen LogP contribution is -2.51. The lowest BCUT2D eigenvalue weighted by molar-refractivity contribution is -0.138. The number of rotatable bonds is 4. The van der Waals surface area contributed by atoms with Crippen LogP contribution in [0.15, 0.2) is 36.7 Å². The molecule has 1 aliphatic carbocycles. The van der Waals surface area contributed by atoms with Crippen molar-refractivity contribution < 1.29 is 35.9 Å². The predicted molar refractivity (Wildman–Crippen MR) is 112 cm³/mol. The summed E-state index contributed by atoms with van der Waals surface area (Å²) in [6, 6.07) is 3.48. The molecule has 7 nitrogen and oxygen atoms in total. The fourth-order valence-electron chi connectivity index (χ4n) is 4.55. The Kier molecular flexibility index (Phi) is 6.36. The monoisotopic (exact) mass is 501 g/mol. The second-order valence-corrected chi connectivity index (χ2v) is 8.64. The van der Waals surface area contributed by atoms with Crippen molar-refractivity contribution in [3.63, 3.8) is 0 Å². The Morgan fingerprint density at radius 2 is 1.60 bits per heavy atom. The van der Waals surface area contributed by atoms with Gasteiger partial charge in [0.05, 0.1) is 23.2 Å². The molecule has 188 valence electrons. The van der Waals surface area contributed by atoms with Gasteiger partial charge in [-0.2, -0.15) is 26.3 Å². The summed E-state index contributed by atoms with van der Waals surface area (Å²) in [7, 11) is 0.